The van der Waals surface area contributed by atoms with Crippen molar-refractivity contribution in [2.45, 2.75) is 25.5 Å². The summed E-state index contributed by atoms with van der Waals surface area (Å²) < 4.78 is 22.4. The lowest BCUT2D eigenvalue weighted by Crippen LogP contribution is -2.51. The van der Waals surface area contributed by atoms with E-state index in [4.69, 9.17) is 5.11 Å². The minimum Gasteiger partial charge on any atom is -0.481 e. The average Bonchev–Trinajstić information content (AvgIpc) is 1.96. The van der Waals surface area contributed by atoms with Gasteiger partial charge in [0.1, 0.15) is 0 Å². The van der Waals surface area contributed by atoms with Crippen LogP contribution >= 0.6 is 0 Å². The second kappa shape index (κ2) is 3.29. The molecule has 1 fully saturated rings. The van der Waals surface area contributed by atoms with Gasteiger partial charge in [-0.3, -0.25) is 4.79 Å². The van der Waals surface area contributed by atoms with Crippen LogP contribution in [0.1, 0.15) is 20.3 Å². The molecule has 0 radical (unpaired) electrons. The second-order valence-electron chi connectivity index (χ2n) is 3.94. The van der Waals surface area contributed by atoms with E-state index in [0.29, 0.717) is 6.42 Å². The van der Waals surface area contributed by atoms with E-state index in [9.17, 15) is 13.2 Å². The molecule has 0 amide bonds. The van der Waals surface area contributed by atoms with Crippen molar-refractivity contribution in [3.63, 3.8) is 0 Å². The first-order valence-corrected chi connectivity index (χ1v) is 6.00. The first kappa shape index (κ1) is 10.5. The van der Waals surface area contributed by atoms with E-state index in [1.54, 1.807) is 0 Å². The van der Waals surface area contributed by atoms with Crippen molar-refractivity contribution in [1.29, 1.82) is 0 Å². The Morgan fingerprint density at radius 1 is 1.54 bits per heavy atom. The van der Waals surface area contributed by atoms with Gasteiger partial charge in [-0.05, 0) is 12.3 Å². The molecule has 13 heavy (non-hydrogen) atoms. The van der Waals surface area contributed by atoms with Crippen LogP contribution in [0.3, 0.4) is 0 Å². The summed E-state index contributed by atoms with van der Waals surface area (Å²) >= 11 is 0. The van der Waals surface area contributed by atoms with Gasteiger partial charge in [-0.1, -0.05) is 13.8 Å². The van der Waals surface area contributed by atoms with Crippen LogP contribution in [0.4, 0.5) is 0 Å². The third-order valence-electron chi connectivity index (χ3n) is 2.34. The summed E-state index contributed by atoms with van der Waals surface area (Å²) in [4.78, 5) is 10.6. The molecule has 0 bridgehead atoms. The highest BCUT2D eigenvalue weighted by Crippen LogP contribution is 2.32. The molecule has 1 heterocycles. The Morgan fingerprint density at radius 2 is 2.08 bits per heavy atom. The van der Waals surface area contributed by atoms with Crippen LogP contribution in [0.5, 0.6) is 0 Å². The number of hydrogen-bond donors (Lipinski definition) is 1. The highest BCUT2D eigenvalue weighted by Gasteiger charge is 2.49. The molecule has 0 aromatic heterocycles. The fraction of sp³-hybridized carbons (Fsp3) is 0.875. The molecule has 0 aromatic carbocycles. The van der Waals surface area contributed by atoms with Gasteiger partial charge in [0.15, 0.2) is 9.84 Å². The lowest BCUT2D eigenvalue weighted by atomic mass is 9.98. The third kappa shape index (κ3) is 2.02. The molecule has 1 aliphatic rings. The molecule has 76 valence electrons. The molecule has 1 aliphatic heterocycles. The van der Waals surface area contributed by atoms with Crippen LogP contribution in [0, 0.1) is 11.8 Å². The molecule has 5 heteroatoms. The molecule has 4 nitrogen and oxygen atoms in total. The number of sulfone groups is 1. The van der Waals surface area contributed by atoms with Crippen molar-refractivity contribution in [3.8, 4) is 0 Å². The molecule has 0 aliphatic carbocycles. The summed E-state index contributed by atoms with van der Waals surface area (Å²) in [5.41, 5.74) is 0. The minimum atomic E-state index is -3.09. The van der Waals surface area contributed by atoms with Crippen molar-refractivity contribution in [1.82, 2.24) is 0 Å². The fourth-order valence-corrected chi connectivity index (χ4v) is 3.77. The van der Waals surface area contributed by atoms with Crippen LogP contribution in [-0.2, 0) is 14.6 Å². The van der Waals surface area contributed by atoms with Crippen LogP contribution in [0.15, 0.2) is 0 Å². The van der Waals surface area contributed by atoms with Crippen LogP contribution in [-0.4, -0.2) is 30.5 Å². The number of hydrogen-bond acceptors (Lipinski definition) is 3. The first-order chi connectivity index (χ1) is 5.84. The SMILES string of the molecule is CC(C)CC1C(C(=O)O)CS1(=O)=O. The van der Waals surface area contributed by atoms with Gasteiger partial charge in [-0.15, -0.1) is 0 Å². The topological polar surface area (TPSA) is 71.4 Å². The predicted octanol–water partition coefficient (Wildman–Crippen LogP) is 0.530. The summed E-state index contributed by atoms with van der Waals surface area (Å²) in [6.07, 6.45) is 0.458. The molecular formula is C8H14O4S. The lowest BCUT2D eigenvalue weighted by molar-refractivity contribution is -0.141. The van der Waals surface area contributed by atoms with Crippen LogP contribution in [0.25, 0.3) is 0 Å². The van der Waals surface area contributed by atoms with E-state index in [0.717, 1.165) is 0 Å². The predicted molar refractivity (Wildman–Crippen MR) is 48.2 cm³/mol. The smallest absolute Gasteiger partial charge is 0.308 e. The zero-order valence-corrected chi connectivity index (χ0v) is 8.54. The van der Waals surface area contributed by atoms with Gasteiger partial charge in [-0.25, -0.2) is 8.42 Å². The molecule has 2 unspecified atom stereocenters. The molecule has 0 spiro atoms. The molecule has 2 atom stereocenters. The highest BCUT2D eigenvalue weighted by molar-refractivity contribution is 7.93. The van der Waals surface area contributed by atoms with E-state index in [1.165, 1.54) is 0 Å². The first-order valence-electron chi connectivity index (χ1n) is 4.29. The Hall–Kier alpha value is -0.580. The van der Waals surface area contributed by atoms with Crippen molar-refractivity contribution in [3.05, 3.63) is 0 Å². The Labute approximate surface area is 77.9 Å². The summed E-state index contributed by atoms with van der Waals surface area (Å²) in [6.45, 7) is 3.79. The van der Waals surface area contributed by atoms with Crippen LogP contribution in [0.2, 0.25) is 0 Å². The van der Waals surface area contributed by atoms with E-state index in [1.807, 2.05) is 13.8 Å². The van der Waals surface area contributed by atoms with Crippen molar-refractivity contribution >= 4 is 15.8 Å². The van der Waals surface area contributed by atoms with Gasteiger partial charge in [0.25, 0.3) is 0 Å². The van der Waals surface area contributed by atoms with Crippen molar-refractivity contribution in [2.75, 3.05) is 5.75 Å². The fourth-order valence-electron chi connectivity index (χ4n) is 1.62. The van der Waals surface area contributed by atoms with Crippen LogP contribution < -0.4 is 0 Å². The van der Waals surface area contributed by atoms with Gasteiger partial charge < -0.3 is 5.11 Å². The number of carboxylic acids is 1. The second-order valence-corrected chi connectivity index (χ2v) is 6.21. The average molecular weight is 206 g/mol. The van der Waals surface area contributed by atoms with E-state index < -0.39 is 27.0 Å². The summed E-state index contributed by atoms with van der Waals surface area (Å²) in [5.74, 6) is -1.62. The van der Waals surface area contributed by atoms with Gasteiger partial charge in [0, 0.05) is 0 Å². The standard InChI is InChI=1S/C8H14O4S/c1-5(2)3-7-6(8(9)10)4-13(7,11)12/h5-7H,3-4H2,1-2H3,(H,9,10). The molecule has 0 aromatic rings. The van der Waals surface area contributed by atoms with Crippen molar-refractivity contribution in [2.24, 2.45) is 11.8 Å². The zero-order valence-electron chi connectivity index (χ0n) is 7.73. The minimum absolute atomic E-state index is 0.181. The summed E-state index contributed by atoms with van der Waals surface area (Å²) in [5, 5.41) is 8.04. The Bertz CT molecular complexity index is 304. The Balaban J connectivity index is 2.71. The van der Waals surface area contributed by atoms with Gasteiger partial charge in [0.05, 0.1) is 16.9 Å². The largest absolute Gasteiger partial charge is 0.481 e. The van der Waals surface area contributed by atoms with Crippen molar-refractivity contribution < 1.29 is 18.3 Å². The quantitative estimate of drug-likeness (QED) is 0.731. The highest BCUT2D eigenvalue weighted by atomic mass is 32.2. The van der Waals surface area contributed by atoms with E-state index in [-0.39, 0.29) is 11.7 Å². The molecule has 0 saturated carbocycles. The maximum Gasteiger partial charge on any atom is 0.308 e. The van der Waals surface area contributed by atoms with E-state index in [2.05, 4.69) is 0 Å². The number of rotatable bonds is 3. The summed E-state index contributed by atoms with van der Waals surface area (Å²) in [7, 11) is -3.09. The summed E-state index contributed by atoms with van der Waals surface area (Å²) in [6, 6.07) is 0. The Kier molecular flexibility index (Phi) is 2.66. The normalized spacial score (nSPS) is 31.3. The number of carboxylic acid groups (broad SMARTS) is 1. The molecule has 1 saturated heterocycles. The van der Waals surface area contributed by atoms with Gasteiger partial charge >= 0.3 is 5.97 Å². The number of aliphatic carboxylic acids is 1. The monoisotopic (exact) mass is 206 g/mol. The Morgan fingerprint density at radius 3 is 2.38 bits per heavy atom. The maximum absolute atomic E-state index is 11.2. The zero-order chi connectivity index (χ0) is 10.2. The van der Waals surface area contributed by atoms with E-state index >= 15 is 0 Å². The van der Waals surface area contributed by atoms with Gasteiger partial charge in [-0.2, -0.15) is 0 Å². The number of carbonyl (C=O) groups is 1. The molecular weight excluding hydrogens is 192 g/mol. The molecule has 1 N–H and O–H groups in total. The molecule has 1 rings (SSSR count). The van der Waals surface area contributed by atoms with Gasteiger partial charge in [0.2, 0.25) is 0 Å². The lowest BCUT2D eigenvalue weighted by Gasteiger charge is -2.34. The maximum atomic E-state index is 11.2. The third-order valence-corrected chi connectivity index (χ3v) is 4.61.